The number of aliphatic hydroxyl groups is 2. The molecule has 2 amide bonds. The van der Waals surface area contributed by atoms with Crippen molar-refractivity contribution in [3.05, 3.63) is 36.0 Å². The number of hydrogen-bond acceptors (Lipinski definition) is 8. The van der Waals surface area contributed by atoms with E-state index in [0.717, 1.165) is 45.4 Å². The number of likely N-dealkylation sites (tertiary alicyclic amines) is 1. The smallest absolute Gasteiger partial charge is 0.410 e. The van der Waals surface area contributed by atoms with Gasteiger partial charge in [-0.1, -0.05) is 43.7 Å². The maximum atomic E-state index is 13.4. The van der Waals surface area contributed by atoms with Crippen molar-refractivity contribution in [3.8, 4) is 0 Å². The van der Waals surface area contributed by atoms with Crippen LogP contribution >= 0.6 is 0 Å². The highest BCUT2D eigenvalue weighted by Crippen LogP contribution is 2.29. The average Bonchev–Trinajstić information content (AvgIpc) is 3.52. The summed E-state index contributed by atoms with van der Waals surface area (Å²) >= 11 is 0. The summed E-state index contributed by atoms with van der Waals surface area (Å²) in [6.45, 7) is 11.4. The highest BCUT2D eigenvalue weighted by Gasteiger charge is 2.38. The van der Waals surface area contributed by atoms with E-state index in [1.54, 1.807) is 30.9 Å². The minimum Gasteiger partial charge on any atom is -0.439 e. The molecule has 0 saturated carbocycles. The van der Waals surface area contributed by atoms with Gasteiger partial charge in [-0.15, -0.1) is 0 Å². The van der Waals surface area contributed by atoms with Crippen LogP contribution in [0.5, 0.6) is 0 Å². The number of likely N-dealkylation sites (N-methyl/N-ethyl adjacent to an activating group) is 1. The van der Waals surface area contributed by atoms with E-state index in [1.165, 1.54) is 0 Å². The van der Waals surface area contributed by atoms with Crippen LogP contribution in [0.3, 0.4) is 0 Å². The van der Waals surface area contributed by atoms with Crippen LogP contribution in [0.4, 0.5) is 4.79 Å². The van der Waals surface area contributed by atoms with Gasteiger partial charge in [0.1, 0.15) is 5.60 Å². The normalized spacial score (nSPS) is 31.5. The van der Waals surface area contributed by atoms with Crippen molar-refractivity contribution in [3.63, 3.8) is 0 Å². The summed E-state index contributed by atoms with van der Waals surface area (Å²) in [5.74, 6) is -2.12. The summed E-state index contributed by atoms with van der Waals surface area (Å²) in [5, 5.41) is 21.9. The Bertz CT molecular complexity index is 1100. The number of Topliss-reactive ketones (excluding diaryl/α,β-unsaturated/α-hetero) is 2. The minimum atomic E-state index is -1.50. The van der Waals surface area contributed by atoms with Crippen LogP contribution in [0.15, 0.2) is 36.0 Å². The Morgan fingerprint density at radius 3 is 2.41 bits per heavy atom. The molecule has 2 fully saturated rings. The zero-order chi connectivity index (χ0) is 32.4. The van der Waals surface area contributed by atoms with Gasteiger partial charge in [0.25, 0.3) is 0 Å². The molecule has 3 rings (SSSR count). The molecule has 3 aliphatic rings. The molecular formula is C34H53N3O7. The topological polar surface area (TPSA) is 128 Å². The maximum absolute atomic E-state index is 13.4. The first kappa shape index (κ1) is 35.7. The van der Waals surface area contributed by atoms with Gasteiger partial charge in [-0.3, -0.25) is 14.4 Å². The first-order valence-corrected chi connectivity index (χ1v) is 16.2. The highest BCUT2D eigenvalue weighted by atomic mass is 16.6. The SMILES string of the molecule is C/C(=C\C=C\[C@@H](C)CCC(=O)N1CCCC1)[C@H]1C(=O)C(=O)C[C@@H](O)CC[C@](C)(O)[C@@H](OC(=O)N2CCN(C)CC2)/C=C/[C@@H]1C. The molecule has 0 aromatic heterocycles. The fraction of sp³-hybridized carbons (Fsp3) is 0.706. The van der Waals surface area contributed by atoms with Crippen molar-refractivity contribution in [2.75, 3.05) is 46.3 Å². The van der Waals surface area contributed by atoms with Gasteiger partial charge in [-0.2, -0.15) is 0 Å². The number of aliphatic hydroxyl groups excluding tert-OH is 1. The molecule has 2 saturated heterocycles. The molecule has 0 aromatic carbocycles. The summed E-state index contributed by atoms with van der Waals surface area (Å²) in [4.78, 5) is 57.5. The van der Waals surface area contributed by atoms with Crippen molar-refractivity contribution in [2.24, 2.45) is 17.8 Å². The molecule has 2 aliphatic heterocycles. The van der Waals surface area contributed by atoms with Gasteiger partial charge in [0.05, 0.1) is 12.0 Å². The summed E-state index contributed by atoms with van der Waals surface area (Å²) in [6.07, 6.45) is 9.56. The predicted octanol–water partition coefficient (Wildman–Crippen LogP) is 3.52. The number of carbonyl (C=O) groups is 4. The van der Waals surface area contributed by atoms with Crippen molar-refractivity contribution in [2.45, 2.75) is 90.4 Å². The van der Waals surface area contributed by atoms with Crippen LogP contribution < -0.4 is 0 Å². The van der Waals surface area contributed by atoms with E-state index < -0.39 is 47.3 Å². The standard InChI is InChI=1S/C34H53N3O7/c1-24(11-14-30(40)36-17-6-7-18-36)9-8-10-25(2)31-26(3)12-13-29(44-33(42)37-21-19-35(5)20-22-37)34(4,43)16-15-27(38)23-28(39)32(31)41/h8-10,12-13,24,26-27,29,31,38,43H,6-7,11,14-23H2,1-5H3/b9-8+,13-12+,25-10+/t24-,26+,27+,29+,31-,34+/m1/s1. The van der Waals surface area contributed by atoms with E-state index in [4.69, 9.17) is 4.74 Å². The van der Waals surface area contributed by atoms with Crippen LogP contribution in [-0.4, -0.2) is 113 Å². The molecule has 1 aliphatic carbocycles. The third kappa shape index (κ3) is 10.4. The van der Waals surface area contributed by atoms with Gasteiger partial charge < -0.3 is 29.6 Å². The highest BCUT2D eigenvalue weighted by molar-refractivity contribution is 6.38. The van der Waals surface area contributed by atoms with Crippen LogP contribution in [0, 0.1) is 17.8 Å². The number of carbonyl (C=O) groups excluding carboxylic acids is 4. The molecule has 0 aromatic rings. The van der Waals surface area contributed by atoms with E-state index in [-0.39, 0.29) is 31.1 Å². The summed E-state index contributed by atoms with van der Waals surface area (Å²) in [5.41, 5.74) is -0.817. The lowest BCUT2D eigenvalue weighted by molar-refractivity contribution is -0.140. The van der Waals surface area contributed by atoms with Crippen molar-refractivity contribution < 1.29 is 34.1 Å². The number of hydrogen-bond donors (Lipinski definition) is 2. The number of rotatable bonds is 7. The number of amides is 2. The Hall–Kier alpha value is -2.82. The molecule has 0 radical (unpaired) electrons. The summed E-state index contributed by atoms with van der Waals surface area (Å²) < 4.78 is 5.82. The van der Waals surface area contributed by atoms with E-state index >= 15 is 0 Å². The Labute approximate surface area is 262 Å². The Balaban J connectivity index is 1.76. The lowest BCUT2D eigenvalue weighted by Crippen LogP contribution is -2.50. The van der Waals surface area contributed by atoms with Crippen LogP contribution in [-0.2, 0) is 19.1 Å². The number of piperazine rings is 1. The van der Waals surface area contributed by atoms with E-state index in [2.05, 4.69) is 4.90 Å². The van der Waals surface area contributed by atoms with Gasteiger partial charge in [0, 0.05) is 52.1 Å². The number of ketones is 2. The molecule has 0 unspecified atom stereocenters. The Morgan fingerprint density at radius 1 is 1.09 bits per heavy atom. The first-order chi connectivity index (χ1) is 20.8. The number of ether oxygens (including phenoxy) is 1. The van der Waals surface area contributed by atoms with Gasteiger partial charge in [0.2, 0.25) is 17.5 Å². The van der Waals surface area contributed by atoms with Gasteiger partial charge >= 0.3 is 6.09 Å². The third-order valence-electron chi connectivity index (χ3n) is 9.24. The minimum absolute atomic E-state index is 0.0678. The molecule has 246 valence electrons. The molecule has 2 N–H and O–H groups in total. The number of allylic oxidation sites excluding steroid dienone is 5. The van der Waals surface area contributed by atoms with E-state index in [0.29, 0.717) is 25.1 Å². The van der Waals surface area contributed by atoms with Gasteiger partial charge in [-0.25, -0.2) is 4.79 Å². The first-order valence-electron chi connectivity index (χ1n) is 16.2. The summed E-state index contributed by atoms with van der Waals surface area (Å²) in [6, 6.07) is 0. The fourth-order valence-electron chi connectivity index (χ4n) is 6.06. The second-order valence-electron chi connectivity index (χ2n) is 13.3. The zero-order valence-corrected chi connectivity index (χ0v) is 27.2. The average molecular weight is 616 g/mol. The van der Waals surface area contributed by atoms with Gasteiger partial charge in [-0.05, 0) is 70.9 Å². The maximum Gasteiger partial charge on any atom is 0.410 e. The Morgan fingerprint density at radius 2 is 1.75 bits per heavy atom. The fourth-order valence-corrected chi connectivity index (χ4v) is 6.06. The molecule has 44 heavy (non-hydrogen) atoms. The predicted molar refractivity (Wildman–Crippen MR) is 169 cm³/mol. The lowest BCUT2D eigenvalue weighted by atomic mass is 9.79. The largest absolute Gasteiger partial charge is 0.439 e. The summed E-state index contributed by atoms with van der Waals surface area (Å²) in [7, 11) is 1.99. The van der Waals surface area contributed by atoms with Crippen LogP contribution in [0.1, 0.15) is 72.6 Å². The molecule has 0 bridgehead atoms. The van der Waals surface area contributed by atoms with Crippen molar-refractivity contribution >= 4 is 23.6 Å². The molecular weight excluding hydrogens is 562 g/mol. The quantitative estimate of drug-likeness (QED) is 0.253. The monoisotopic (exact) mass is 615 g/mol. The zero-order valence-electron chi connectivity index (χ0n) is 27.2. The molecule has 2 heterocycles. The van der Waals surface area contributed by atoms with Gasteiger partial charge in [0.15, 0.2) is 6.10 Å². The molecule has 6 atom stereocenters. The molecule has 10 heteroatoms. The van der Waals surface area contributed by atoms with E-state index in [9.17, 15) is 29.4 Å². The number of nitrogens with zero attached hydrogens (tertiary/aromatic N) is 3. The molecule has 0 spiro atoms. The van der Waals surface area contributed by atoms with Crippen LogP contribution in [0.25, 0.3) is 0 Å². The second kappa shape index (κ2) is 16.5. The van der Waals surface area contributed by atoms with E-state index in [1.807, 2.05) is 44.0 Å². The Kier molecular flexibility index (Phi) is 13.4. The van der Waals surface area contributed by atoms with Crippen molar-refractivity contribution in [1.82, 2.24) is 14.7 Å². The van der Waals surface area contributed by atoms with Crippen LogP contribution in [0.2, 0.25) is 0 Å². The lowest BCUT2D eigenvalue weighted by Gasteiger charge is -2.36. The second-order valence-corrected chi connectivity index (χ2v) is 13.3. The molecule has 10 nitrogen and oxygen atoms in total. The third-order valence-corrected chi connectivity index (χ3v) is 9.24. The van der Waals surface area contributed by atoms with Crippen molar-refractivity contribution in [1.29, 1.82) is 0 Å².